The Labute approximate surface area is 55.9 Å². The van der Waals surface area contributed by atoms with Crippen molar-refractivity contribution >= 4 is 0 Å². The van der Waals surface area contributed by atoms with Crippen molar-refractivity contribution in [2.45, 2.75) is 0 Å². The van der Waals surface area contributed by atoms with Crippen LogP contribution in [-0.4, -0.2) is 32.9 Å². The van der Waals surface area contributed by atoms with Gasteiger partial charge in [0.25, 0.3) is 0 Å². The van der Waals surface area contributed by atoms with Crippen molar-refractivity contribution in [1.82, 2.24) is 4.90 Å². The van der Waals surface area contributed by atoms with Crippen molar-refractivity contribution in [3.8, 4) is 0 Å². The maximum absolute atomic E-state index is 4.96. The molecule has 0 atom stereocenters. The molecule has 0 aromatic carbocycles. The molecule has 0 aliphatic carbocycles. The van der Waals surface area contributed by atoms with Gasteiger partial charge >= 0.3 is 0 Å². The summed E-state index contributed by atoms with van der Waals surface area (Å²) in [6.45, 7) is 3.88. The van der Waals surface area contributed by atoms with Gasteiger partial charge in [-0.05, 0) is 6.58 Å². The van der Waals surface area contributed by atoms with E-state index in [0.29, 0.717) is 5.88 Å². The van der Waals surface area contributed by atoms with Crippen molar-refractivity contribution in [3.05, 3.63) is 12.5 Å². The van der Waals surface area contributed by atoms with Gasteiger partial charge in [0, 0.05) is 21.2 Å². The lowest BCUT2D eigenvalue weighted by atomic mass is 10.8. The van der Waals surface area contributed by atoms with Crippen LogP contribution >= 0.6 is 0 Å². The van der Waals surface area contributed by atoms with Crippen molar-refractivity contribution < 1.29 is 9.47 Å². The third-order valence-corrected chi connectivity index (χ3v) is 0.842. The molecule has 0 N–H and O–H groups in total. The second kappa shape index (κ2) is 4.21. The maximum atomic E-state index is 4.96. The molecule has 0 saturated heterocycles. The Balaban J connectivity index is 3.28. The number of nitrogens with zero attached hydrogens (tertiary/aromatic N) is 1. The van der Waals surface area contributed by atoms with E-state index < -0.39 is 0 Å². The minimum atomic E-state index is 0.261. The summed E-state index contributed by atoms with van der Waals surface area (Å²) in [7, 11) is 5.29. The molecule has 0 unspecified atom stereocenters. The van der Waals surface area contributed by atoms with Gasteiger partial charge in [-0.15, -0.1) is 0 Å². The van der Waals surface area contributed by atoms with E-state index >= 15 is 0 Å². The van der Waals surface area contributed by atoms with Crippen molar-refractivity contribution in [3.63, 3.8) is 0 Å². The normalized spacial score (nSPS) is 8.78. The molecule has 0 spiro atoms. The fourth-order valence-corrected chi connectivity index (χ4v) is 0.256. The lowest BCUT2D eigenvalue weighted by Gasteiger charge is -2.14. The Morgan fingerprint density at radius 1 is 1.56 bits per heavy atom. The first-order chi connectivity index (χ1) is 4.18. The zero-order chi connectivity index (χ0) is 7.28. The molecule has 9 heavy (non-hydrogen) atoms. The number of ether oxygens (including phenoxy) is 2. The Morgan fingerprint density at radius 2 is 2.11 bits per heavy atom. The molecule has 0 aliphatic rings. The van der Waals surface area contributed by atoms with Gasteiger partial charge in [0.15, 0.2) is 12.7 Å². The number of methoxy groups -OCH3 is 1. The molecule has 0 amide bonds. The lowest BCUT2D eigenvalue weighted by Crippen LogP contribution is -2.13. The summed E-state index contributed by atoms with van der Waals surface area (Å²) >= 11 is 0. The number of hydrogen-bond donors (Lipinski definition) is 0. The molecule has 3 nitrogen and oxygen atoms in total. The predicted octanol–water partition coefficient (Wildman–Crippen LogP) is 0.640. The van der Waals surface area contributed by atoms with Gasteiger partial charge in [-0.3, -0.25) is 0 Å². The molecule has 0 aliphatic heterocycles. The van der Waals surface area contributed by atoms with Gasteiger partial charge < -0.3 is 14.4 Å². The molecule has 0 aromatic heterocycles. The van der Waals surface area contributed by atoms with Gasteiger partial charge in [-0.1, -0.05) is 0 Å². The van der Waals surface area contributed by atoms with E-state index in [-0.39, 0.29) is 6.79 Å². The standard InChI is InChI=1S/C6H13NO2/c1-6(7(2)3)9-5-8-4/h1,5H2,2-4H3. The number of hydrogen-bond acceptors (Lipinski definition) is 3. The molecule has 0 radical (unpaired) electrons. The third kappa shape index (κ3) is 3.85. The first-order valence-corrected chi connectivity index (χ1v) is 2.66. The van der Waals surface area contributed by atoms with Crippen LogP contribution in [0.1, 0.15) is 0 Å². The summed E-state index contributed by atoms with van der Waals surface area (Å²) in [5.74, 6) is 0.608. The van der Waals surface area contributed by atoms with Crippen LogP contribution in [0.25, 0.3) is 0 Å². The largest absolute Gasteiger partial charge is 0.453 e. The molecule has 0 bridgehead atoms. The first kappa shape index (κ1) is 8.30. The highest BCUT2D eigenvalue weighted by molar-refractivity contribution is 4.76. The van der Waals surface area contributed by atoms with Crippen LogP contribution in [0.5, 0.6) is 0 Å². The monoisotopic (exact) mass is 131 g/mol. The van der Waals surface area contributed by atoms with E-state index in [1.165, 1.54) is 0 Å². The second-order valence-corrected chi connectivity index (χ2v) is 1.84. The first-order valence-electron chi connectivity index (χ1n) is 2.66. The Morgan fingerprint density at radius 3 is 2.44 bits per heavy atom. The van der Waals surface area contributed by atoms with E-state index in [1.807, 2.05) is 14.1 Å². The predicted molar refractivity (Wildman–Crippen MR) is 35.8 cm³/mol. The highest BCUT2D eigenvalue weighted by Crippen LogP contribution is 1.94. The van der Waals surface area contributed by atoms with E-state index in [1.54, 1.807) is 12.0 Å². The van der Waals surface area contributed by atoms with Crippen LogP contribution < -0.4 is 0 Å². The van der Waals surface area contributed by atoms with Gasteiger partial charge in [0.05, 0.1) is 0 Å². The SMILES string of the molecule is C=C(OCOC)N(C)C. The highest BCUT2D eigenvalue weighted by Gasteiger charge is 1.92. The van der Waals surface area contributed by atoms with E-state index in [2.05, 4.69) is 11.3 Å². The van der Waals surface area contributed by atoms with Crippen molar-refractivity contribution in [2.75, 3.05) is 28.0 Å². The average molecular weight is 131 g/mol. The topological polar surface area (TPSA) is 21.7 Å². The van der Waals surface area contributed by atoms with E-state index in [0.717, 1.165) is 0 Å². The summed E-state index contributed by atoms with van der Waals surface area (Å²) < 4.78 is 9.61. The summed E-state index contributed by atoms with van der Waals surface area (Å²) in [5.41, 5.74) is 0. The summed E-state index contributed by atoms with van der Waals surface area (Å²) in [6.07, 6.45) is 0. The van der Waals surface area contributed by atoms with Gasteiger partial charge in [0.2, 0.25) is 0 Å². The second-order valence-electron chi connectivity index (χ2n) is 1.84. The quantitative estimate of drug-likeness (QED) is 0.413. The van der Waals surface area contributed by atoms with Crippen molar-refractivity contribution in [1.29, 1.82) is 0 Å². The zero-order valence-electron chi connectivity index (χ0n) is 6.18. The van der Waals surface area contributed by atoms with E-state index in [9.17, 15) is 0 Å². The highest BCUT2D eigenvalue weighted by atomic mass is 16.7. The maximum Gasteiger partial charge on any atom is 0.190 e. The molecule has 0 heterocycles. The van der Waals surface area contributed by atoms with Crippen molar-refractivity contribution in [2.24, 2.45) is 0 Å². The summed E-state index contributed by atoms with van der Waals surface area (Å²) in [4.78, 5) is 1.78. The van der Waals surface area contributed by atoms with Gasteiger partial charge in [0.1, 0.15) is 0 Å². The Kier molecular flexibility index (Phi) is 3.88. The molecule has 3 heteroatoms. The molecule has 0 aromatic rings. The van der Waals surface area contributed by atoms with Crippen LogP contribution in [0.3, 0.4) is 0 Å². The Bertz CT molecular complexity index is 91.1. The average Bonchev–Trinajstić information content (AvgIpc) is 1.82. The lowest BCUT2D eigenvalue weighted by molar-refractivity contribution is -0.0165. The molecule has 0 rings (SSSR count). The minimum absolute atomic E-state index is 0.261. The molecule has 0 saturated carbocycles. The minimum Gasteiger partial charge on any atom is -0.453 e. The third-order valence-electron chi connectivity index (χ3n) is 0.842. The van der Waals surface area contributed by atoms with Crippen LogP contribution in [-0.2, 0) is 9.47 Å². The van der Waals surface area contributed by atoms with E-state index in [4.69, 9.17) is 4.74 Å². The summed E-state index contributed by atoms with van der Waals surface area (Å²) in [5, 5.41) is 0. The smallest absolute Gasteiger partial charge is 0.190 e. The fraction of sp³-hybridized carbons (Fsp3) is 0.667. The van der Waals surface area contributed by atoms with Gasteiger partial charge in [-0.25, -0.2) is 0 Å². The molecular formula is C6H13NO2. The van der Waals surface area contributed by atoms with Crippen LogP contribution in [0, 0.1) is 0 Å². The number of rotatable bonds is 4. The fourth-order valence-electron chi connectivity index (χ4n) is 0.256. The molecule has 0 fully saturated rings. The zero-order valence-corrected chi connectivity index (χ0v) is 6.18. The van der Waals surface area contributed by atoms with Crippen LogP contribution in [0.4, 0.5) is 0 Å². The summed E-state index contributed by atoms with van der Waals surface area (Å²) in [6, 6.07) is 0. The van der Waals surface area contributed by atoms with Crippen LogP contribution in [0.15, 0.2) is 12.5 Å². The van der Waals surface area contributed by atoms with Crippen LogP contribution in [0.2, 0.25) is 0 Å². The molecule has 54 valence electrons. The Hall–Kier alpha value is -0.700. The molecular weight excluding hydrogens is 118 g/mol. The van der Waals surface area contributed by atoms with Gasteiger partial charge in [-0.2, -0.15) is 0 Å².